The van der Waals surface area contributed by atoms with Crippen molar-refractivity contribution in [3.63, 3.8) is 0 Å². The third-order valence-electron chi connectivity index (χ3n) is 4.58. The van der Waals surface area contributed by atoms with Gasteiger partial charge in [0.25, 0.3) is 10.1 Å². The predicted octanol–water partition coefficient (Wildman–Crippen LogP) is -5.90. The van der Waals surface area contributed by atoms with Crippen LogP contribution in [0, 0.1) is 29.1 Å². The van der Waals surface area contributed by atoms with Gasteiger partial charge in [-0.25, -0.2) is 0 Å². The smallest absolute Gasteiger partial charge is 0.549 e. The SMILES string of the molecule is CC(C)CC(C)C(C(=O)[O-])(C(C)CC(C)C)C(C(=O)[O-])S(=O)(=O)O.[Na+].[Na+]. The molecule has 7 nitrogen and oxygen atoms in total. The maximum Gasteiger partial charge on any atom is 1.00 e. The van der Waals surface area contributed by atoms with E-state index in [0.29, 0.717) is 0 Å². The molecule has 3 unspecified atom stereocenters. The summed E-state index contributed by atoms with van der Waals surface area (Å²) in [6, 6.07) is 0. The Hall–Kier alpha value is 0.850. The van der Waals surface area contributed by atoms with Crippen LogP contribution in [0.2, 0.25) is 0 Å². The molecule has 26 heavy (non-hydrogen) atoms. The van der Waals surface area contributed by atoms with E-state index in [2.05, 4.69) is 0 Å². The molecule has 1 N–H and O–H groups in total. The van der Waals surface area contributed by atoms with Crippen LogP contribution in [0.25, 0.3) is 0 Å². The maximum atomic E-state index is 12.1. The fourth-order valence-electron chi connectivity index (χ4n) is 3.88. The third kappa shape index (κ3) is 7.70. The van der Waals surface area contributed by atoms with E-state index in [1.165, 1.54) is 13.8 Å². The topological polar surface area (TPSA) is 135 Å². The Morgan fingerprint density at radius 3 is 1.35 bits per heavy atom. The molecule has 0 heterocycles. The molecule has 0 spiro atoms. The summed E-state index contributed by atoms with van der Waals surface area (Å²) < 4.78 is 33.0. The number of aliphatic carboxylic acids is 2. The van der Waals surface area contributed by atoms with Gasteiger partial charge in [0.05, 0.1) is 5.97 Å². The van der Waals surface area contributed by atoms with Crippen molar-refractivity contribution in [2.24, 2.45) is 29.1 Å². The molecular formula is C16H28Na2O7S. The van der Waals surface area contributed by atoms with Crippen molar-refractivity contribution in [3.8, 4) is 0 Å². The molecule has 0 rings (SSSR count). The van der Waals surface area contributed by atoms with E-state index in [9.17, 15) is 32.8 Å². The zero-order valence-electron chi connectivity index (χ0n) is 17.1. The molecule has 10 heteroatoms. The van der Waals surface area contributed by atoms with Crippen LogP contribution >= 0.6 is 0 Å². The minimum absolute atomic E-state index is 0. The van der Waals surface area contributed by atoms with Gasteiger partial charge in [-0.1, -0.05) is 41.5 Å². The van der Waals surface area contributed by atoms with Crippen molar-refractivity contribution in [3.05, 3.63) is 0 Å². The largest absolute Gasteiger partial charge is 1.00 e. The Balaban J connectivity index is -0.00000264. The van der Waals surface area contributed by atoms with E-state index in [1.54, 1.807) is 0 Å². The number of carboxylic acids is 2. The number of hydrogen-bond donors (Lipinski definition) is 1. The van der Waals surface area contributed by atoms with E-state index in [-0.39, 0.29) is 83.8 Å². The van der Waals surface area contributed by atoms with Gasteiger partial charge in [0, 0.05) is 11.4 Å². The van der Waals surface area contributed by atoms with E-state index >= 15 is 0 Å². The van der Waals surface area contributed by atoms with Crippen molar-refractivity contribution in [1.82, 2.24) is 0 Å². The number of hydrogen-bond acceptors (Lipinski definition) is 6. The molecule has 0 fully saturated rings. The summed E-state index contributed by atoms with van der Waals surface area (Å²) in [5.74, 6) is -5.66. The van der Waals surface area contributed by atoms with Crippen LogP contribution in [0.5, 0.6) is 0 Å². The molecule has 0 radical (unpaired) electrons. The Kier molecular flexibility index (Phi) is 15.1. The second-order valence-corrected chi connectivity index (χ2v) is 9.00. The van der Waals surface area contributed by atoms with Crippen molar-refractivity contribution < 1.29 is 91.9 Å². The second kappa shape index (κ2) is 12.4. The summed E-state index contributed by atoms with van der Waals surface area (Å²) in [6.07, 6.45) is 0.519. The van der Waals surface area contributed by atoms with Crippen molar-refractivity contribution in [2.45, 2.75) is 59.6 Å². The van der Waals surface area contributed by atoms with E-state index in [0.717, 1.165) is 0 Å². The first-order valence-corrected chi connectivity index (χ1v) is 9.57. The minimum Gasteiger partial charge on any atom is -0.549 e. The van der Waals surface area contributed by atoms with Crippen LogP contribution in [0.3, 0.4) is 0 Å². The van der Waals surface area contributed by atoms with Crippen LogP contribution in [-0.4, -0.2) is 30.2 Å². The monoisotopic (exact) mass is 410 g/mol. The predicted molar refractivity (Wildman–Crippen MR) is 85.0 cm³/mol. The maximum absolute atomic E-state index is 12.1. The molecule has 0 aromatic carbocycles. The summed E-state index contributed by atoms with van der Waals surface area (Å²) in [5, 5.41) is 21.0. The number of carbonyl (C=O) groups is 2. The fraction of sp³-hybridized carbons (Fsp3) is 0.875. The molecule has 3 atom stereocenters. The molecule has 0 saturated carbocycles. The summed E-state index contributed by atoms with van der Waals surface area (Å²) in [5.41, 5.74) is -2.29. The molecule has 0 aliphatic heterocycles. The van der Waals surface area contributed by atoms with E-state index in [1.807, 2.05) is 27.7 Å². The standard InChI is InChI=1S/C16H30O7S.2Na/c1-9(2)7-11(5)16(15(19)20,12(6)8-10(3)4)13(14(17)18)24(21,22)23;;/h9-13H,7-8H2,1-6H3,(H,17,18)(H,19,20)(H,21,22,23);;/q;2*+1/p-2. The zero-order chi connectivity index (χ0) is 19.5. The molecule has 0 aliphatic carbocycles. The molecule has 0 aromatic rings. The molecule has 0 saturated heterocycles. The summed E-state index contributed by atoms with van der Waals surface area (Å²) >= 11 is 0. The average molecular weight is 410 g/mol. The van der Waals surface area contributed by atoms with Crippen LogP contribution in [0.15, 0.2) is 0 Å². The van der Waals surface area contributed by atoms with Crippen molar-refractivity contribution in [2.75, 3.05) is 0 Å². The van der Waals surface area contributed by atoms with Crippen molar-refractivity contribution >= 4 is 22.1 Å². The van der Waals surface area contributed by atoms with Gasteiger partial charge >= 0.3 is 59.1 Å². The van der Waals surface area contributed by atoms with Gasteiger partial charge in [0.15, 0.2) is 0 Å². The van der Waals surface area contributed by atoms with E-state index < -0.39 is 44.6 Å². The molecule has 0 amide bonds. The fourth-order valence-corrected chi connectivity index (χ4v) is 5.18. The average Bonchev–Trinajstić information content (AvgIpc) is 2.30. The van der Waals surface area contributed by atoms with Gasteiger partial charge in [0.1, 0.15) is 5.25 Å². The van der Waals surface area contributed by atoms with Crippen molar-refractivity contribution in [1.29, 1.82) is 0 Å². The molecular weight excluding hydrogens is 382 g/mol. The third-order valence-corrected chi connectivity index (χ3v) is 5.76. The van der Waals surface area contributed by atoms with Gasteiger partial charge in [0.2, 0.25) is 0 Å². The van der Waals surface area contributed by atoms with Gasteiger partial charge < -0.3 is 19.8 Å². The summed E-state index contributed by atoms with van der Waals surface area (Å²) in [7, 11) is -5.21. The molecule has 0 aliphatic rings. The first-order chi connectivity index (χ1) is 10.7. The second-order valence-electron chi connectivity index (χ2n) is 7.50. The van der Waals surface area contributed by atoms with Crippen LogP contribution in [0.4, 0.5) is 0 Å². The normalized spacial score (nSPS) is 17.4. The van der Waals surface area contributed by atoms with E-state index in [4.69, 9.17) is 0 Å². The van der Waals surface area contributed by atoms with Crippen LogP contribution in [-0.2, 0) is 19.7 Å². The number of carbonyl (C=O) groups excluding carboxylic acids is 2. The first-order valence-electron chi connectivity index (χ1n) is 8.07. The Labute approximate surface area is 201 Å². The van der Waals surface area contributed by atoms with Gasteiger partial charge in [-0.3, -0.25) is 4.55 Å². The first kappa shape index (κ1) is 31.5. The Morgan fingerprint density at radius 1 is 0.885 bits per heavy atom. The molecule has 0 bridgehead atoms. The zero-order valence-corrected chi connectivity index (χ0v) is 21.9. The van der Waals surface area contributed by atoms with Crippen LogP contribution < -0.4 is 69.3 Å². The van der Waals surface area contributed by atoms with Gasteiger partial charge in [-0.2, -0.15) is 8.42 Å². The molecule has 142 valence electrons. The number of carboxylic acid groups (broad SMARTS) is 2. The van der Waals surface area contributed by atoms with Gasteiger partial charge in [-0.05, 0) is 36.5 Å². The minimum atomic E-state index is -5.21. The number of rotatable bonds is 10. The summed E-state index contributed by atoms with van der Waals surface area (Å²) in [6.45, 7) is 10.2. The quantitative estimate of drug-likeness (QED) is 0.280. The van der Waals surface area contributed by atoms with Gasteiger partial charge in [-0.15, -0.1) is 0 Å². The summed E-state index contributed by atoms with van der Waals surface area (Å²) in [4.78, 5) is 23.6. The van der Waals surface area contributed by atoms with Crippen LogP contribution in [0.1, 0.15) is 54.4 Å². The Bertz CT molecular complexity index is 545. The Morgan fingerprint density at radius 2 is 1.19 bits per heavy atom. The molecule has 0 aromatic heterocycles.